The van der Waals surface area contributed by atoms with Crippen LogP contribution in [0.5, 0.6) is 5.75 Å². The molecule has 170 valence electrons. The monoisotopic (exact) mass is 456 g/mol. The molecule has 7 heteroatoms. The van der Waals surface area contributed by atoms with Gasteiger partial charge in [-0.25, -0.2) is 4.79 Å². The van der Waals surface area contributed by atoms with Crippen molar-refractivity contribution in [2.75, 3.05) is 13.1 Å². The Kier molecular flexibility index (Phi) is 6.72. The molecule has 2 fully saturated rings. The molecule has 1 amide bonds. The third-order valence-electron chi connectivity index (χ3n) is 6.71. The van der Waals surface area contributed by atoms with Gasteiger partial charge < -0.3 is 15.2 Å². The summed E-state index contributed by atoms with van der Waals surface area (Å²) >= 11 is 6.08. The first-order chi connectivity index (χ1) is 15.4. The lowest BCUT2D eigenvalue weighted by molar-refractivity contribution is -0.133. The zero-order chi connectivity index (χ0) is 22.7. The molecule has 1 aliphatic heterocycles. The number of nitrogens with one attached hydrogen (secondary N) is 1. The molecule has 4 rings (SSSR count). The van der Waals surface area contributed by atoms with E-state index in [1.807, 2.05) is 31.2 Å². The SMILES string of the molecule is CC(NC(=O)C1(N2CC[C@@H](Oc3cccc(Cl)c3)C2)CCCC1)c1ccc(C(=O)O)cc1. The topological polar surface area (TPSA) is 78.9 Å². The van der Waals surface area contributed by atoms with Crippen LogP contribution in [0.3, 0.4) is 0 Å². The third-order valence-corrected chi connectivity index (χ3v) is 6.94. The standard InChI is InChI=1S/C25H29ClN2O4/c1-17(18-7-9-19(10-8-18)23(29)30)27-24(31)25(12-2-3-13-25)28-14-11-22(16-28)32-21-6-4-5-20(26)15-21/h4-10,15,17,22H,2-3,11-14,16H2,1H3,(H,27,31)(H,29,30)/t17?,22-/m1/s1. The van der Waals surface area contributed by atoms with Crippen LogP contribution in [0.15, 0.2) is 48.5 Å². The lowest BCUT2D eigenvalue weighted by Gasteiger charge is -2.38. The number of carbonyl (C=O) groups is 2. The maximum Gasteiger partial charge on any atom is 0.335 e. The van der Waals surface area contributed by atoms with Gasteiger partial charge in [0.2, 0.25) is 5.91 Å². The maximum absolute atomic E-state index is 13.5. The minimum Gasteiger partial charge on any atom is -0.489 e. The molecule has 0 radical (unpaired) electrons. The number of amides is 1. The highest BCUT2D eigenvalue weighted by molar-refractivity contribution is 6.30. The predicted molar refractivity (Wildman–Crippen MR) is 123 cm³/mol. The lowest BCUT2D eigenvalue weighted by atomic mass is 9.93. The zero-order valence-corrected chi connectivity index (χ0v) is 19.0. The van der Waals surface area contributed by atoms with Crippen molar-refractivity contribution in [2.24, 2.45) is 0 Å². The van der Waals surface area contributed by atoms with Gasteiger partial charge in [0, 0.05) is 18.1 Å². The second-order valence-electron chi connectivity index (χ2n) is 8.79. The lowest BCUT2D eigenvalue weighted by Crippen LogP contribution is -2.57. The molecule has 32 heavy (non-hydrogen) atoms. The highest BCUT2D eigenvalue weighted by atomic mass is 35.5. The minimum atomic E-state index is -0.957. The quantitative estimate of drug-likeness (QED) is 0.632. The fourth-order valence-electron chi connectivity index (χ4n) is 4.92. The summed E-state index contributed by atoms with van der Waals surface area (Å²) in [7, 11) is 0. The molecular weight excluding hydrogens is 428 g/mol. The Labute approximate surface area is 193 Å². The number of hydrogen-bond donors (Lipinski definition) is 2. The van der Waals surface area contributed by atoms with Gasteiger partial charge >= 0.3 is 5.97 Å². The van der Waals surface area contributed by atoms with Crippen molar-refractivity contribution in [2.45, 2.75) is 56.7 Å². The molecule has 2 aromatic rings. The summed E-state index contributed by atoms with van der Waals surface area (Å²) in [6.45, 7) is 3.47. The van der Waals surface area contributed by atoms with Gasteiger partial charge in [-0.2, -0.15) is 0 Å². The summed E-state index contributed by atoms with van der Waals surface area (Å²) in [6, 6.07) is 13.9. The highest BCUT2D eigenvalue weighted by Crippen LogP contribution is 2.39. The fraction of sp³-hybridized carbons (Fsp3) is 0.440. The van der Waals surface area contributed by atoms with E-state index in [1.54, 1.807) is 24.3 Å². The molecule has 2 aliphatic rings. The number of aromatic carboxylic acids is 1. The molecule has 0 bridgehead atoms. The minimum absolute atomic E-state index is 0.0275. The summed E-state index contributed by atoms with van der Waals surface area (Å²) in [5, 5.41) is 12.9. The van der Waals surface area contributed by atoms with E-state index in [2.05, 4.69) is 10.2 Å². The number of carbonyl (C=O) groups excluding carboxylic acids is 1. The van der Waals surface area contributed by atoms with Gasteiger partial charge in [-0.15, -0.1) is 0 Å². The van der Waals surface area contributed by atoms with E-state index < -0.39 is 11.5 Å². The average Bonchev–Trinajstić information content (AvgIpc) is 3.44. The second kappa shape index (κ2) is 9.51. The highest BCUT2D eigenvalue weighted by Gasteiger charge is 2.49. The number of likely N-dealkylation sites (tertiary alicyclic amines) is 1. The molecule has 6 nitrogen and oxygen atoms in total. The summed E-state index contributed by atoms with van der Waals surface area (Å²) < 4.78 is 6.15. The van der Waals surface area contributed by atoms with E-state index in [0.717, 1.165) is 50.0 Å². The van der Waals surface area contributed by atoms with Crippen LogP contribution in [-0.2, 0) is 4.79 Å². The number of halogens is 1. The Morgan fingerprint density at radius 3 is 2.56 bits per heavy atom. The van der Waals surface area contributed by atoms with Crippen LogP contribution in [0.25, 0.3) is 0 Å². The normalized spacial score (nSPS) is 21.2. The van der Waals surface area contributed by atoms with Crippen molar-refractivity contribution in [1.82, 2.24) is 10.2 Å². The zero-order valence-electron chi connectivity index (χ0n) is 18.2. The summed E-state index contributed by atoms with van der Waals surface area (Å²) in [6.07, 6.45) is 4.64. The van der Waals surface area contributed by atoms with Crippen LogP contribution in [0.4, 0.5) is 0 Å². The maximum atomic E-state index is 13.5. The molecule has 0 aromatic heterocycles. The fourth-order valence-corrected chi connectivity index (χ4v) is 5.10. The van der Waals surface area contributed by atoms with Gasteiger partial charge in [0.05, 0.1) is 11.6 Å². The van der Waals surface area contributed by atoms with Crippen molar-refractivity contribution in [3.05, 3.63) is 64.7 Å². The van der Waals surface area contributed by atoms with Gasteiger partial charge in [0.15, 0.2) is 0 Å². The van der Waals surface area contributed by atoms with Crippen LogP contribution in [0, 0.1) is 0 Å². The van der Waals surface area contributed by atoms with Crippen LogP contribution < -0.4 is 10.1 Å². The Balaban J connectivity index is 1.42. The Bertz CT molecular complexity index is 972. The first-order valence-electron chi connectivity index (χ1n) is 11.2. The molecule has 1 saturated carbocycles. The second-order valence-corrected chi connectivity index (χ2v) is 9.23. The van der Waals surface area contributed by atoms with E-state index in [1.165, 1.54) is 0 Å². The average molecular weight is 457 g/mol. The summed E-state index contributed by atoms with van der Waals surface area (Å²) in [4.78, 5) is 26.9. The number of rotatable bonds is 7. The number of carboxylic acid groups (broad SMARTS) is 1. The smallest absolute Gasteiger partial charge is 0.335 e. The van der Waals surface area contributed by atoms with Crippen LogP contribution >= 0.6 is 11.6 Å². The van der Waals surface area contributed by atoms with E-state index in [-0.39, 0.29) is 23.6 Å². The molecule has 1 heterocycles. The molecule has 2 N–H and O–H groups in total. The molecular formula is C25H29ClN2O4. The summed E-state index contributed by atoms with van der Waals surface area (Å²) in [5.41, 5.74) is 0.615. The summed E-state index contributed by atoms with van der Waals surface area (Å²) in [5.74, 6) is -0.150. The molecule has 1 unspecified atom stereocenters. The van der Waals surface area contributed by atoms with Crippen LogP contribution in [0.1, 0.15) is 61.0 Å². The number of benzene rings is 2. The Morgan fingerprint density at radius 2 is 1.91 bits per heavy atom. The number of hydrogen-bond acceptors (Lipinski definition) is 4. The van der Waals surface area contributed by atoms with Crippen LogP contribution in [0.2, 0.25) is 5.02 Å². The largest absolute Gasteiger partial charge is 0.489 e. The first-order valence-corrected chi connectivity index (χ1v) is 11.6. The van der Waals surface area contributed by atoms with Gasteiger partial charge in [-0.05, 0) is 62.1 Å². The van der Waals surface area contributed by atoms with Crippen molar-refractivity contribution < 1.29 is 19.4 Å². The Hall–Kier alpha value is -2.57. The molecule has 0 spiro atoms. The van der Waals surface area contributed by atoms with Crippen LogP contribution in [-0.4, -0.2) is 46.6 Å². The van der Waals surface area contributed by atoms with Crippen molar-refractivity contribution in [3.63, 3.8) is 0 Å². The van der Waals surface area contributed by atoms with E-state index in [4.69, 9.17) is 21.4 Å². The molecule has 1 saturated heterocycles. The van der Waals surface area contributed by atoms with Gasteiger partial charge in [0.1, 0.15) is 17.4 Å². The van der Waals surface area contributed by atoms with Gasteiger partial charge in [0.25, 0.3) is 0 Å². The third kappa shape index (κ3) is 4.76. The van der Waals surface area contributed by atoms with Gasteiger partial charge in [-0.1, -0.05) is 42.6 Å². The Morgan fingerprint density at radius 1 is 1.19 bits per heavy atom. The van der Waals surface area contributed by atoms with E-state index in [0.29, 0.717) is 11.6 Å². The van der Waals surface area contributed by atoms with E-state index >= 15 is 0 Å². The van der Waals surface area contributed by atoms with Crippen molar-refractivity contribution in [1.29, 1.82) is 0 Å². The first kappa shape index (κ1) is 22.6. The number of carboxylic acids is 1. The molecule has 1 aliphatic carbocycles. The number of ether oxygens (including phenoxy) is 1. The van der Waals surface area contributed by atoms with Crippen molar-refractivity contribution >= 4 is 23.5 Å². The van der Waals surface area contributed by atoms with Crippen molar-refractivity contribution in [3.8, 4) is 5.75 Å². The predicted octanol–water partition coefficient (Wildman–Crippen LogP) is 4.68. The van der Waals surface area contributed by atoms with Gasteiger partial charge in [-0.3, -0.25) is 9.69 Å². The van der Waals surface area contributed by atoms with E-state index in [9.17, 15) is 9.59 Å². The molecule has 2 aromatic carbocycles. The number of nitrogens with zero attached hydrogens (tertiary/aromatic N) is 1. The molecule has 2 atom stereocenters.